The van der Waals surface area contributed by atoms with E-state index >= 15 is 0 Å². The van der Waals surface area contributed by atoms with E-state index in [9.17, 15) is 13.6 Å². The minimum Gasteiger partial charge on any atom is -0.349 e. The average Bonchev–Trinajstić information content (AvgIpc) is 2.88. The van der Waals surface area contributed by atoms with Crippen molar-refractivity contribution < 1.29 is 13.6 Å². The normalized spacial score (nSPS) is 23.6. The van der Waals surface area contributed by atoms with E-state index in [0.717, 1.165) is 25.5 Å². The van der Waals surface area contributed by atoms with Crippen molar-refractivity contribution >= 4 is 5.91 Å². The highest BCUT2D eigenvalue weighted by Gasteiger charge is 2.39. The van der Waals surface area contributed by atoms with Crippen LogP contribution in [0.25, 0.3) is 0 Å². The lowest BCUT2D eigenvalue weighted by atomic mass is 9.83. The molecule has 0 aromatic heterocycles. The summed E-state index contributed by atoms with van der Waals surface area (Å²) in [6.45, 7) is 5.16. The molecule has 1 aliphatic heterocycles. The Hall–Kier alpha value is -1.49. The maximum absolute atomic E-state index is 13.7. The van der Waals surface area contributed by atoms with Crippen LogP contribution in [0.5, 0.6) is 0 Å². The molecule has 1 aliphatic rings. The van der Waals surface area contributed by atoms with Gasteiger partial charge in [0.25, 0.3) is 0 Å². The molecule has 20 heavy (non-hydrogen) atoms. The highest BCUT2D eigenvalue weighted by Crippen LogP contribution is 2.30. The molecule has 1 amide bonds. The summed E-state index contributed by atoms with van der Waals surface area (Å²) >= 11 is 0. The first kappa shape index (κ1) is 14.9. The predicted molar refractivity (Wildman–Crippen MR) is 73.1 cm³/mol. The van der Waals surface area contributed by atoms with Crippen molar-refractivity contribution in [3.63, 3.8) is 0 Å². The highest BCUT2D eigenvalue weighted by molar-refractivity contribution is 5.83. The van der Waals surface area contributed by atoms with Gasteiger partial charge in [0.1, 0.15) is 11.6 Å². The van der Waals surface area contributed by atoms with E-state index in [1.807, 2.05) is 6.92 Å². The Balaban J connectivity index is 2.10. The van der Waals surface area contributed by atoms with Gasteiger partial charge in [0.05, 0.1) is 11.5 Å². The molecule has 1 aromatic rings. The van der Waals surface area contributed by atoms with Gasteiger partial charge in [0.15, 0.2) is 0 Å². The minimum atomic E-state index is -0.632. The van der Waals surface area contributed by atoms with Gasteiger partial charge in [-0.2, -0.15) is 0 Å². The zero-order valence-electron chi connectivity index (χ0n) is 11.8. The van der Waals surface area contributed by atoms with Gasteiger partial charge in [-0.1, -0.05) is 13.0 Å². The van der Waals surface area contributed by atoms with Gasteiger partial charge < -0.3 is 10.6 Å². The van der Waals surface area contributed by atoms with Crippen LogP contribution in [0.1, 0.15) is 38.3 Å². The third-order valence-electron chi connectivity index (χ3n) is 4.18. The number of halogens is 2. The molecule has 1 heterocycles. The first-order valence-electron chi connectivity index (χ1n) is 6.95. The van der Waals surface area contributed by atoms with Crippen LogP contribution in [0.2, 0.25) is 0 Å². The number of carbonyl (C=O) groups excluding carboxylic acids is 1. The van der Waals surface area contributed by atoms with Crippen LogP contribution in [-0.4, -0.2) is 19.0 Å². The fraction of sp³-hybridized carbons (Fsp3) is 0.533. The minimum absolute atomic E-state index is 0.0683. The van der Waals surface area contributed by atoms with Gasteiger partial charge in [-0.25, -0.2) is 8.78 Å². The topological polar surface area (TPSA) is 41.1 Å². The molecule has 5 heteroatoms. The zero-order chi connectivity index (χ0) is 14.8. The Kier molecular flexibility index (Phi) is 4.38. The molecule has 2 atom stereocenters. The lowest BCUT2D eigenvalue weighted by Gasteiger charge is -2.27. The molecule has 2 rings (SSSR count). The van der Waals surface area contributed by atoms with E-state index in [4.69, 9.17) is 0 Å². The molecule has 1 aromatic carbocycles. The summed E-state index contributed by atoms with van der Waals surface area (Å²) in [6, 6.07) is 2.94. The van der Waals surface area contributed by atoms with Crippen molar-refractivity contribution in [1.29, 1.82) is 0 Å². The van der Waals surface area contributed by atoms with Crippen molar-refractivity contribution in [3.05, 3.63) is 35.4 Å². The lowest BCUT2D eigenvalue weighted by Crippen LogP contribution is -2.43. The summed E-state index contributed by atoms with van der Waals surface area (Å²) in [5.41, 5.74) is -0.109. The van der Waals surface area contributed by atoms with Gasteiger partial charge in [-0.05, 0) is 32.4 Å². The Morgan fingerprint density at radius 1 is 1.50 bits per heavy atom. The Morgan fingerprint density at radius 3 is 2.80 bits per heavy atom. The smallest absolute Gasteiger partial charge is 0.228 e. The van der Waals surface area contributed by atoms with Gasteiger partial charge >= 0.3 is 0 Å². The summed E-state index contributed by atoms with van der Waals surface area (Å²) in [4.78, 5) is 12.4. The number of hydrogen-bond donors (Lipinski definition) is 2. The van der Waals surface area contributed by atoms with Gasteiger partial charge in [-0.3, -0.25) is 4.79 Å². The van der Waals surface area contributed by atoms with E-state index < -0.39 is 23.1 Å². The Morgan fingerprint density at radius 2 is 2.25 bits per heavy atom. The van der Waals surface area contributed by atoms with Gasteiger partial charge in [0, 0.05) is 18.2 Å². The molecular weight excluding hydrogens is 262 g/mol. The standard InChI is InChI=1S/C15H20F2N2O/c1-3-15(6-7-18-9-15)14(20)19-10(2)12-5-4-11(16)8-13(12)17/h4-5,8,10,18H,3,6-7,9H2,1-2H3,(H,19,20). The molecular formula is C15H20F2N2O. The number of hydrogen-bond acceptors (Lipinski definition) is 2. The molecule has 0 spiro atoms. The molecule has 3 nitrogen and oxygen atoms in total. The monoisotopic (exact) mass is 282 g/mol. The van der Waals surface area contributed by atoms with Gasteiger partial charge in [0.2, 0.25) is 5.91 Å². The summed E-state index contributed by atoms with van der Waals surface area (Å²) in [5, 5.41) is 6.04. The fourth-order valence-electron chi connectivity index (χ4n) is 2.68. The number of nitrogens with one attached hydrogen (secondary N) is 2. The number of carbonyl (C=O) groups is 1. The molecule has 0 radical (unpaired) electrons. The second kappa shape index (κ2) is 5.87. The lowest BCUT2D eigenvalue weighted by molar-refractivity contribution is -0.131. The maximum atomic E-state index is 13.7. The van der Waals surface area contributed by atoms with E-state index in [1.165, 1.54) is 12.1 Å². The van der Waals surface area contributed by atoms with Crippen molar-refractivity contribution in [2.45, 2.75) is 32.7 Å². The number of rotatable bonds is 4. The summed E-state index contributed by atoms with van der Waals surface area (Å²) < 4.78 is 26.6. The van der Waals surface area contributed by atoms with E-state index in [0.29, 0.717) is 12.1 Å². The molecule has 0 saturated carbocycles. The maximum Gasteiger partial charge on any atom is 0.228 e. The first-order chi connectivity index (χ1) is 9.48. The Bertz CT molecular complexity index is 499. The largest absolute Gasteiger partial charge is 0.349 e. The van der Waals surface area contributed by atoms with Crippen LogP contribution in [0.3, 0.4) is 0 Å². The third kappa shape index (κ3) is 2.82. The van der Waals surface area contributed by atoms with Crippen molar-refractivity contribution in [2.24, 2.45) is 5.41 Å². The summed E-state index contributed by atoms with van der Waals surface area (Å²) in [5.74, 6) is -1.32. The summed E-state index contributed by atoms with van der Waals surface area (Å²) in [6.07, 6.45) is 1.53. The number of benzene rings is 1. The second-order valence-electron chi connectivity index (χ2n) is 5.42. The van der Waals surface area contributed by atoms with Crippen LogP contribution in [0.4, 0.5) is 8.78 Å². The summed E-state index contributed by atoms with van der Waals surface area (Å²) in [7, 11) is 0. The van der Waals surface area contributed by atoms with Crippen LogP contribution in [0, 0.1) is 17.0 Å². The molecule has 2 N–H and O–H groups in total. The van der Waals surface area contributed by atoms with Crippen LogP contribution in [-0.2, 0) is 4.79 Å². The van der Waals surface area contributed by atoms with E-state index in [-0.39, 0.29) is 5.91 Å². The van der Waals surface area contributed by atoms with Crippen molar-refractivity contribution in [3.8, 4) is 0 Å². The SMILES string of the molecule is CCC1(C(=O)NC(C)c2ccc(F)cc2F)CCNC1. The Labute approximate surface area is 117 Å². The predicted octanol–water partition coefficient (Wildman–Crippen LogP) is 2.53. The molecule has 110 valence electrons. The van der Waals surface area contributed by atoms with Crippen LogP contribution < -0.4 is 10.6 Å². The molecule has 0 bridgehead atoms. The molecule has 0 aliphatic carbocycles. The highest BCUT2D eigenvalue weighted by atomic mass is 19.1. The molecule has 1 fully saturated rings. The quantitative estimate of drug-likeness (QED) is 0.891. The van der Waals surface area contributed by atoms with Crippen molar-refractivity contribution in [2.75, 3.05) is 13.1 Å². The van der Waals surface area contributed by atoms with E-state index in [1.54, 1.807) is 6.92 Å². The zero-order valence-corrected chi connectivity index (χ0v) is 11.8. The van der Waals surface area contributed by atoms with Crippen molar-refractivity contribution in [1.82, 2.24) is 10.6 Å². The fourth-order valence-corrected chi connectivity index (χ4v) is 2.68. The van der Waals surface area contributed by atoms with Crippen LogP contribution >= 0.6 is 0 Å². The number of amides is 1. The van der Waals surface area contributed by atoms with Gasteiger partial charge in [-0.15, -0.1) is 0 Å². The van der Waals surface area contributed by atoms with Crippen LogP contribution in [0.15, 0.2) is 18.2 Å². The molecule has 2 unspecified atom stereocenters. The van der Waals surface area contributed by atoms with E-state index in [2.05, 4.69) is 10.6 Å². The average molecular weight is 282 g/mol. The second-order valence-corrected chi connectivity index (χ2v) is 5.42. The third-order valence-corrected chi connectivity index (χ3v) is 4.18. The molecule has 1 saturated heterocycles. The first-order valence-corrected chi connectivity index (χ1v) is 6.95.